The summed E-state index contributed by atoms with van der Waals surface area (Å²) in [6.45, 7) is 3.44. The molecular formula is C18H30N2. The summed E-state index contributed by atoms with van der Waals surface area (Å²) in [5, 5.41) is 3.75. The Morgan fingerprint density at radius 3 is 2.40 bits per heavy atom. The lowest BCUT2D eigenvalue weighted by molar-refractivity contribution is 0.322. The molecule has 2 nitrogen and oxygen atoms in total. The third-order valence-electron chi connectivity index (χ3n) is 4.41. The summed E-state index contributed by atoms with van der Waals surface area (Å²) < 4.78 is 0. The minimum atomic E-state index is 0.778. The first kappa shape index (κ1) is 15.5. The number of nitrogens with zero attached hydrogens (tertiary/aromatic N) is 1. The van der Waals surface area contributed by atoms with E-state index in [-0.39, 0.29) is 0 Å². The second-order valence-electron chi connectivity index (χ2n) is 6.18. The summed E-state index contributed by atoms with van der Waals surface area (Å²) in [4.78, 5) is 2.44. The van der Waals surface area contributed by atoms with E-state index in [0.717, 1.165) is 32.1 Å². The van der Waals surface area contributed by atoms with E-state index < -0.39 is 0 Å². The first-order chi connectivity index (χ1) is 9.84. The first-order valence-electron chi connectivity index (χ1n) is 8.30. The Balaban J connectivity index is 1.56. The predicted octanol–water partition coefficient (Wildman–Crippen LogP) is 3.47. The van der Waals surface area contributed by atoms with Crippen LogP contribution in [0.5, 0.6) is 0 Å². The van der Waals surface area contributed by atoms with Crippen LogP contribution in [0, 0.1) is 0 Å². The van der Waals surface area contributed by atoms with Gasteiger partial charge in [-0.2, -0.15) is 0 Å². The molecule has 1 aliphatic rings. The minimum absolute atomic E-state index is 0.778. The Morgan fingerprint density at radius 1 is 1.00 bits per heavy atom. The van der Waals surface area contributed by atoms with Crippen molar-refractivity contribution in [3.05, 3.63) is 35.9 Å². The van der Waals surface area contributed by atoms with E-state index in [1.807, 2.05) is 0 Å². The van der Waals surface area contributed by atoms with Gasteiger partial charge in [-0.25, -0.2) is 0 Å². The first-order valence-corrected chi connectivity index (χ1v) is 8.30. The summed E-state index contributed by atoms with van der Waals surface area (Å²) in [6, 6.07) is 11.6. The fourth-order valence-electron chi connectivity index (χ4n) is 3.02. The highest BCUT2D eigenvalue weighted by molar-refractivity contribution is 5.14. The lowest BCUT2D eigenvalue weighted by Crippen LogP contribution is -2.36. The van der Waals surface area contributed by atoms with Gasteiger partial charge in [0.05, 0.1) is 0 Å². The molecule has 1 aliphatic carbocycles. The third kappa shape index (κ3) is 6.06. The number of likely N-dealkylation sites (N-methyl/N-ethyl adjacent to an activating group) is 1. The molecule has 0 spiro atoms. The van der Waals surface area contributed by atoms with Gasteiger partial charge < -0.3 is 10.2 Å². The highest BCUT2D eigenvalue weighted by atomic mass is 15.1. The number of rotatable bonds is 7. The van der Waals surface area contributed by atoms with Gasteiger partial charge in [-0.1, -0.05) is 56.0 Å². The van der Waals surface area contributed by atoms with Crippen LogP contribution >= 0.6 is 0 Å². The van der Waals surface area contributed by atoms with Gasteiger partial charge in [0, 0.05) is 25.7 Å². The van der Waals surface area contributed by atoms with E-state index in [2.05, 4.69) is 47.6 Å². The molecule has 0 amide bonds. The zero-order valence-corrected chi connectivity index (χ0v) is 13.0. The normalized spacial score (nSPS) is 17.3. The summed E-state index contributed by atoms with van der Waals surface area (Å²) in [7, 11) is 2.23. The molecular weight excluding hydrogens is 244 g/mol. The van der Waals surface area contributed by atoms with Crippen molar-refractivity contribution in [1.29, 1.82) is 0 Å². The van der Waals surface area contributed by atoms with Gasteiger partial charge in [-0.15, -0.1) is 0 Å². The fourth-order valence-corrected chi connectivity index (χ4v) is 3.02. The van der Waals surface area contributed by atoms with E-state index >= 15 is 0 Å². The highest BCUT2D eigenvalue weighted by Crippen LogP contribution is 2.16. The zero-order valence-electron chi connectivity index (χ0n) is 13.0. The summed E-state index contributed by atoms with van der Waals surface area (Å²) in [5.41, 5.74) is 1.44. The second-order valence-corrected chi connectivity index (χ2v) is 6.18. The van der Waals surface area contributed by atoms with Gasteiger partial charge in [0.15, 0.2) is 0 Å². The molecule has 20 heavy (non-hydrogen) atoms. The Labute approximate surface area is 124 Å². The molecule has 2 heteroatoms. The predicted molar refractivity (Wildman–Crippen MR) is 87.1 cm³/mol. The molecule has 0 aromatic heterocycles. The van der Waals surface area contributed by atoms with E-state index in [9.17, 15) is 0 Å². The van der Waals surface area contributed by atoms with Crippen molar-refractivity contribution in [3.8, 4) is 0 Å². The summed E-state index contributed by atoms with van der Waals surface area (Å²) in [6.07, 6.45) is 9.63. The van der Waals surface area contributed by atoms with Crippen LogP contribution < -0.4 is 5.32 Å². The molecule has 1 saturated carbocycles. The maximum atomic E-state index is 3.75. The van der Waals surface area contributed by atoms with E-state index in [1.165, 1.54) is 44.1 Å². The highest BCUT2D eigenvalue weighted by Gasteiger charge is 2.11. The Kier molecular flexibility index (Phi) is 7.10. The van der Waals surface area contributed by atoms with Gasteiger partial charge in [0.2, 0.25) is 0 Å². The molecule has 1 fully saturated rings. The van der Waals surface area contributed by atoms with E-state index in [1.54, 1.807) is 0 Å². The largest absolute Gasteiger partial charge is 0.313 e. The lowest BCUT2D eigenvalue weighted by Gasteiger charge is -2.20. The zero-order chi connectivity index (χ0) is 14.0. The lowest BCUT2D eigenvalue weighted by atomic mass is 10.1. The summed E-state index contributed by atoms with van der Waals surface area (Å²) in [5.74, 6) is 0. The van der Waals surface area contributed by atoms with Gasteiger partial charge in [0.25, 0.3) is 0 Å². The van der Waals surface area contributed by atoms with Crippen molar-refractivity contribution in [1.82, 2.24) is 10.2 Å². The van der Waals surface area contributed by atoms with Crippen LogP contribution in [0.2, 0.25) is 0 Å². The van der Waals surface area contributed by atoms with E-state index in [0.29, 0.717) is 0 Å². The average molecular weight is 274 g/mol. The number of nitrogens with one attached hydrogen (secondary N) is 1. The van der Waals surface area contributed by atoms with Crippen LogP contribution in [-0.2, 0) is 6.42 Å². The number of hydrogen-bond donors (Lipinski definition) is 1. The molecule has 1 aromatic rings. The standard InChI is InChI=1S/C18H30N2/c1-20(15-13-17-9-5-4-6-10-17)16-14-19-18-11-7-2-3-8-12-18/h4-6,9-10,18-19H,2-3,7-8,11-16H2,1H3. The van der Waals surface area contributed by atoms with Gasteiger partial charge in [-0.3, -0.25) is 0 Å². The van der Waals surface area contributed by atoms with Gasteiger partial charge >= 0.3 is 0 Å². The molecule has 0 atom stereocenters. The molecule has 0 heterocycles. The molecule has 0 bridgehead atoms. The maximum absolute atomic E-state index is 3.75. The van der Waals surface area contributed by atoms with Crippen LogP contribution in [0.25, 0.3) is 0 Å². The monoisotopic (exact) mass is 274 g/mol. The van der Waals surface area contributed by atoms with Crippen LogP contribution in [0.3, 0.4) is 0 Å². The van der Waals surface area contributed by atoms with Crippen molar-refractivity contribution >= 4 is 0 Å². The van der Waals surface area contributed by atoms with Crippen LogP contribution in [-0.4, -0.2) is 37.6 Å². The Bertz CT molecular complexity index is 342. The molecule has 1 N–H and O–H groups in total. The SMILES string of the molecule is CN(CCNC1CCCCCC1)CCc1ccccc1. The number of hydrogen-bond acceptors (Lipinski definition) is 2. The molecule has 0 aliphatic heterocycles. The third-order valence-corrected chi connectivity index (χ3v) is 4.41. The van der Waals surface area contributed by atoms with Gasteiger partial charge in [-0.05, 0) is 31.9 Å². The topological polar surface area (TPSA) is 15.3 Å². The Morgan fingerprint density at radius 2 is 1.70 bits per heavy atom. The van der Waals surface area contributed by atoms with Crippen LogP contribution in [0.4, 0.5) is 0 Å². The Hall–Kier alpha value is -0.860. The van der Waals surface area contributed by atoms with Crippen molar-refractivity contribution in [2.75, 3.05) is 26.7 Å². The van der Waals surface area contributed by atoms with Crippen molar-refractivity contribution < 1.29 is 0 Å². The smallest absolute Gasteiger partial charge is 0.0104 e. The molecule has 0 saturated heterocycles. The molecule has 0 radical (unpaired) electrons. The van der Waals surface area contributed by atoms with Gasteiger partial charge in [0.1, 0.15) is 0 Å². The van der Waals surface area contributed by atoms with Crippen molar-refractivity contribution in [2.45, 2.75) is 51.0 Å². The minimum Gasteiger partial charge on any atom is -0.313 e. The van der Waals surface area contributed by atoms with E-state index in [4.69, 9.17) is 0 Å². The molecule has 2 rings (SSSR count). The van der Waals surface area contributed by atoms with Crippen LogP contribution in [0.15, 0.2) is 30.3 Å². The fraction of sp³-hybridized carbons (Fsp3) is 0.667. The maximum Gasteiger partial charge on any atom is 0.0104 e. The molecule has 112 valence electrons. The second kappa shape index (κ2) is 9.15. The number of benzene rings is 1. The van der Waals surface area contributed by atoms with Crippen molar-refractivity contribution in [3.63, 3.8) is 0 Å². The van der Waals surface area contributed by atoms with Crippen molar-refractivity contribution in [2.24, 2.45) is 0 Å². The average Bonchev–Trinajstić information content (AvgIpc) is 2.75. The summed E-state index contributed by atoms with van der Waals surface area (Å²) >= 11 is 0. The molecule has 1 aromatic carbocycles. The molecule has 0 unspecified atom stereocenters. The van der Waals surface area contributed by atoms with Crippen LogP contribution in [0.1, 0.15) is 44.1 Å². The quantitative estimate of drug-likeness (QED) is 0.766.